The summed E-state index contributed by atoms with van der Waals surface area (Å²) < 4.78 is 5.01. The molecule has 1 aliphatic rings. The van der Waals surface area contributed by atoms with Crippen molar-refractivity contribution in [3.05, 3.63) is 0 Å². The van der Waals surface area contributed by atoms with Crippen LogP contribution >= 0.6 is 0 Å². The summed E-state index contributed by atoms with van der Waals surface area (Å²) in [7, 11) is 1.45. The molecule has 0 bridgehead atoms. The number of carbonyl (C=O) groups is 3. The van der Waals surface area contributed by atoms with Crippen molar-refractivity contribution in [3.8, 4) is 0 Å². The van der Waals surface area contributed by atoms with Gasteiger partial charge in [0.25, 0.3) is 0 Å². The highest BCUT2D eigenvalue weighted by atomic mass is 16.5. The number of methoxy groups -OCH3 is 1. The number of piperidine rings is 1. The number of ether oxygens (including phenoxy) is 1. The number of nitrogens with two attached hydrogens (primary N) is 1. The zero-order chi connectivity index (χ0) is 15.3. The molecule has 1 heterocycles. The molecular weight excluding hydrogens is 268 g/mol. The zero-order valence-corrected chi connectivity index (χ0v) is 11.3. The number of hydrogen-bond donors (Lipinski definition) is 3. The number of amides is 1. The highest BCUT2D eigenvalue weighted by molar-refractivity contribution is 5.82. The van der Waals surface area contributed by atoms with Gasteiger partial charge in [-0.1, -0.05) is 0 Å². The first-order valence-electron chi connectivity index (χ1n) is 6.37. The Bertz CT molecular complexity index is 382. The minimum absolute atomic E-state index is 0.0665. The van der Waals surface area contributed by atoms with Crippen LogP contribution in [-0.4, -0.2) is 65.8 Å². The van der Waals surface area contributed by atoms with E-state index in [1.54, 1.807) is 0 Å². The van der Waals surface area contributed by atoms with E-state index < -0.39 is 29.9 Å². The van der Waals surface area contributed by atoms with Gasteiger partial charge in [0.15, 0.2) is 0 Å². The van der Waals surface area contributed by atoms with Crippen LogP contribution in [0.5, 0.6) is 0 Å². The number of carboxylic acid groups (broad SMARTS) is 2. The molecule has 1 amide bonds. The van der Waals surface area contributed by atoms with E-state index in [0.717, 1.165) is 0 Å². The molecule has 0 saturated carbocycles. The lowest BCUT2D eigenvalue weighted by Crippen LogP contribution is -2.49. The molecule has 0 aliphatic carbocycles. The normalized spacial score (nSPS) is 24.2. The number of hydrogen-bond acceptors (Lipinski definition) is 5. The van der Waals surface area contributed by atoms with Crippen molar-refractivity contribution < 1.29 is 29.3 Å². The van der Waals surface area contributed by atoms with Crippen molar-refractivity contribution in [2.75, 3.05) is 26.7 Å². The molecule has 114 valence electrons. The highest BCUT2D eigenvalue weighted by Gasteiger charge is 2.40. The van der Waals surface area contributed by atoms with Gasteiger partial charge in [-0.2, -0.15) is 0 Å². The average molecular weight is 288 g/mol. The third-order valence-electron chi connectivity index (χ3n) is 3.60. The molecule has 20 heavy (non-hydrogen) atoms. The number of carboxylic acids is 2. The van der Waals surface area contributed by atoms with Gasteiger partial charge in [0.05, 0.1) is 24.4 Å². The smallest absolute Gasteiger partial charge is 0.309 e. The number of aliphatic carboxylic acids is 2. The van der Waals surface area contributed by atoms with E-state index in [-0.39, 0.29) is 38.4 Å². The highest BCUT2D eigenvalue weighted by Crippen LogP contribution is 2.25. The molecule has 3 unspecified atom stereocenters. The Balaban J connectivity index is 2.68. The molecule has 0 radical (unpaired) electrons. The van der Waals surface area contributed by atoms with Crippen LogP contribution in [0.1, 0.15) is 12.8 Å². The second-order valence-electron chi connectivity index (χ2n) is 4.82. The van der Waals surface area contributed by atoms with Gasteiger partial charge in [-0.3, -0.25) is 14.4 Å². The summed E-state index contributed by atoms with van der Waals surface area (Å²) in [6, 6.07) is 0. The van der Waals surface area contributed by atoms with E-state index >= 15 is 0 Å². The molecule has 0 spiro atoms. The molecule has 0 aromatic heterocycles. The minimum Gasteiger partial charge on any atom is -0.481 e. The Morgan fingerprint density at radius 2 is 1.90 bits per heavy atom. The molecule has 1 rings (SSSR count). The third-order valence-corrected chi connectivity index (χ3v) is 3.60. The summed E-state index contributed by atoms with van der Waals surface area (Å²) in [5.41, 5.74) is 5.43. The van der Waals surface area contributed by atoms with Crippen molar-refractivity contribution >= 4 is 17.8 Å². The molecule has 8 heteroatoms. The zero-order valence-electron chi connectivity index (χ0n) is 11.3. The average Bonchev–Trinajstić information content (AvgIpc) is 2.43. The van der Waals surface area contributed by atoms with Crippen molar-refractivity contribution in [3.63, 3.8) is 0 Å². The monoisotopic (exact) mass is 288 g/mol. The van der Waals surface area contributed by atoms with E-state index in [1.165, 1.54) is 12.0 Å². The second kappa shape index (κ2) is 7.20. The Kier molecular flexibility index (Phi) is 5.90. The van der Waals surface area contributed by atoms with Gasteiger partial charge in [-0.25, -0.2) is 0 Å². The van der Waals surface area contributed by atoms with Crippen LogP contribution < -0.4 is 5.73 Å². The van der Waals surface area contributed by atoms with Gasteiger partial charge < -0.3 is 25.6 Å². The van der Waals surface area contributed by atoms with E-state index in [4.69, 9.17) is 20.7 Å². The molecule has 1 fully saturated rings. The van der Waals surface area contributed by atoms with Gasteiger partial charge in [-0.15, -0.1) is 0 Å². The van der Waals surface area contributed by atoms with Crippen molar-refractivity contribution in [2.45, 2.75) is 18.9 Å². The SMILES string of the molecule is COC(CN)CC(=O)N1CCC(C(=O)O)C(C(=O)O)C1. The molecule has 8 nitrogen and oxygen atoms in total. The number of likely N-dealkylation sites (tertiary alicyclic amines) is 1. The molecule has 1 saturated heterocycles. The molecule has 1 aliphatic heterocycles. The van der Waals surface area contributed by atoms with Gasteiger partial charge in [-0.05, 0) is 6.42 Å². The quantitative estimate of drug-likeness (QED) is 0.570. The summed E-state index contributed by atoms with van der Waals surface area (Å²) in [6.07, 6.45) is -0.210. The summed E-state index contributed by atoms with van der Waals surface area (Å²) in [4.78, 5) is 35.5. The van der Waals surface area contributed by atoms with Crippen molar-refractivity contribution in [1.82, 2.24) is 4.90 Å². The summed E-state index contributed by atoms with van der Waals surface area (Å²) in [6.45, 7) is 0.336. The van der Waals surface area contributed by atoms with Crippen LogP contribution in [0.4, 0.5) is 0 Å². The van der Waals surface area contributed by atoms with Gasteiger partial charge >= 0.3 is 11.9 Å². The van der Waals surface area contributed by atoms with Gasteiger partial charge in [0, 0.05) is 26.7 Å². The minimum atomic E-state index is -1.20. The van der Waals surface area contributed by atoms with E-state index in [0.29, 0.717) is 0 Å². The van der Waals surface area contributed by atoms with Crippen LogP contribution in [-0.2, 0) is 19.1 Å². The summed E-state index contributed by atoms with van der Waals surface area (Å²) >= 11 is 0. The fraction of sp³-hybridized carbons (Fsp3) is 0.750. The predicted molar refractivity (Wildman–Crippen MR) is 67.9 cm³/mol. The lowest BCUT2D eigenvalue weighted by Gasteiger charge is -2.35. The fourth-order valence-electron chi connectivity index (χ4n) is 2.31. The van der Waals surface area contributed by atoms with Crippen LogP contribution in [0, 0.1) is 11.8 Å². The maximum atomic E-state index is 12.0. The lowest BCUT2D eigenvalue weighted by atomic mass is 9.85. The maximum absolute atomic E-state index is 12.0. The predicted octanol–water partition coefficient (Wildman–Crippen LogP) is -1.02. The lowest BCUT2D eigenvalue weighted by molar-refractivity contribution is -0.159. The molecule has 3 atom stereocenters. The molecular formula is C12H20N2O6. The number of nitrogens with zero attached hydrogens (tertiary/aromatic N) is 1. The summed E-state index contributed by atoms with van der Waals surface area (Å²) in [5, 5.41) is 18.1. The second-order valence-corrected chi connectivity index (χ2v) is 4.82. The third kappa shape index (κ3) is 3.91. The molecule has 4 N–H and O–H groups in total. The Hall–Kier alpha value is -1.67. The first-order chi connectivity index (χ1) is 9.40. The Morgan fingerprint density at radius 3 is 2.35 bits per heavy atom. The van der Waals surface area contributed by atoms with Crippen molar-refractivity contribution in [2.24, 2.45) is 17.6 Å². The van der Waals surface area contributed by atoms with Crippen LogP contribution in [0.15, 0.2) is 0 Å². The van der Waals surface area contributed by atoms with Crippen LogP contribution in [0.25, 0.3) is 0 Å². The van der Waals surface area contributed by atoms with Gasteiger partial charge in [0.1, 0.15) is 0 Å². The fourth-order valence-corrected chi connectivity index (χ4v) is 2.31. The Morgan fingerprint density at radius 1 is 1.30 bits per heavy atom. The number of carbonyl (C=O) groups excluding carboxylic acids is 1. The van der Waals surface area contributed by atoms with E-state index in [2.05, 4.69) is 0 Å². The maximum Gasteiger partial charge on any atom is 0.309 e. The standard InChI is InChI=1S/C12H20N2O6/c1-20-7(5-13)4-10(15)14-3-2-8(11(16)17)9(6-14)12(18)19/h7-9H,2-6,13H2,1H3,(H,16,17)(H,18,19). The topological polar surface area (TPSA) is 130 Å². The van der Waals surface area contributed by atoms with E-state index in [1.807, 2.05) is 0 Å². The number of rotatable bonds is 6. The first-order valence-corrected chi connectivity index (χ1v) is 6.37. The van der Waals surface area contributed by atoms with Crippen LogP contribution in [0.3, 0.4) is 0 Å². The molecule has 0 aromatic rings. The largest absolute Gasteiger partial charge is 0.481 e. The Labute approximate surface area is 116 Å². The van der Waals surface area contributed by atoms with Gasteiger partial charge in [0.2, 0.25) is 5.91 Å². The first kappa shape index (κ1) is 16.4. The van der Waals surface area contributed by atoms with E-state index in [9.17, 15) is 14.4 Å². The molecule has 0 aromatic carbocycles. The van der Waals surface area contributed by atoms with Crippen LogP contribution in [0.2, 0.25) is 0 Å². The van der Waals surface area contributed by atoms with Crippen molar-refractivity contribution in [1.29, 1.82) is 0 Å². The summed E-state index contributed by atoms with van der Waals surface area (Å²) in [5.74, 6) is -4.64.